The second kappa shape index (κ2) is 11.3. The number of pyridine rings is 2. The second-order valence-corrected chi connectivity index (χ2v) is 11.8. The third-order valence-corrected chi connectivity index (χ3v) is 7.77. The fraction of sp³-hybridized carbons (Fsp3) is 0.182. The molecule has 3 N–H and O–H groups in total. The molecule has 0 saturated heterocycles. The normalized spacial score (nSPS) is 11.8. The van der Waals surface area contributed by atoms with Crippen LogP contribution in [0.3, 0.4) is 0 Å². The van der Waals surface area contributed by atoms with Crippen LogP contribution in [0, 0.1) is 6.92 Å². The third kappa shape index (κ3) is 6.10. The smallest absolute Gasteiger partial charge is 0.130 e. The number of aryl methyl sites for hydroxylation is 1. The number of hydrogen-bond acceptors (Lipinski definition) is 7. The Bertz CT molecular complexity index is 1810. The van der Waals surface area contributed by atoms with Crippen molar-refractivity contribution in [1.82, 2.24) is 24.5 Å². The van der Waals surface area contributed by atoms with Gasteiger partial charge in [0.2, 0.25) is 0 Å². The Labute approximate surface area is 243 Å². The van der Waals surface area contributed by atoms with E-state index in [0.29, 0.717) is 6.54 Å². The molecule has 0 saturated carbocycles. The summed E-state index contributed by atoms with van der Waals surface area (Å²) in [5.74, 6) is 0.756. The van der Waals surface area contributed by atoms with Crippen molar-refractivity contribution >= 4 is 45.1 Å². The summed E-state index contributed by atoms with van der Waals surface area (Å²) in [5, 5.41) is 21.4. The van der Waals surface area contributed by atoms with Crippen LogP contribution in [0.5, 0.6) is 0 Å². The number of fused-ring (bicyclic) bond motifs is 2. The van der Waals surface area contributed by atoms with Gasteiger partial charge in [0.25, 0.3) is 0 Å². The van der Waals surface area contributed by atoms with E-state index in [1.54, 1.807) is 25.8 Å². The van der Waals surface area contributed by atoms with Gasteiger partial charge in [-0.05, 0) is 86.3 Å². The van der Waals surface area contributed by atoms with Crippen molar-refractivity contribution in [3.8, 4) is 11.3 Å². The van der Waals surface area contributed by atoms with Gasteiger partial charge >= 0.3 is 0 Å². The van der Waals surface area contributed by atoms with Crippen LogP contribution in [-0.4, -0.2) is 30.5 Å². The molecule has 0 bridgehead atoms. The first-order valence-corrected chi connectivity index (χ1v) is 14.4. The number of nitrogens with one attached hydrogen (secondary N) is 2. The number of rotatable bonds is 9. The molecule has 206 valence electrons. The first-order chi connectivity index (χ1) is 19.8. The molecule has 6 aromatic rings. The lowest BCUT2D eigenvalue weighted by Crippen LogP contribution is -2.26. The number of hydrogen-bond donors (Lipinski definition) is 3. The van der Waals surface area contributed by atoms with Crippen LogP contribution in [0.4, 0.5) is 11.5 Å². The third-order valence-electron chi connectivity index (χ3n) is 6.97. The molecule has 0 spiro atoms. The molecule has 0 radical (unpaired) electrons. The van der Waals surface area contributed by atoms with Crippen molar-refractivity contribution in [2.45, 2.75) is 44.4 Å². The van der Waals surface area contributed by atoms with Crippen molar-refractivity contribution in [2.24, 2.45) is 0 Å². The van der Waals surface area contributed by atoms with Gasteiger partial charge in [0.1, 0.15) is 5.82 Å². The maximum atomic E-state index is 10.3. The van der Waals surface area contributed by atoms with Gasteiger partial charge < -0.3 is 10.4 Å². The molecule has 0 aliphatic carbocycles. The minimum Gasteiger partial charge on any atom is -0.389 e. The van der Waals surface area contributed by atoms with E-state index in [4.69, 9.17) is 4.98 Å². The summed E-state index contributed by atoms with van der Waals surface area (Å²) < 4.78 is 5.28. The van der Waals surface area contributed by atoms with Gasteiger partial charge in [0.15, 0.2) is 0 Å². The quantitative estimate of drug-likeness (QED) is 0.160. The molecular formula is C33H32N6OS. The largest absolute Gasteiger partial charge is 0.389 e. The Morgan fingerprint density at radius 2 is 1.71 bits per heavy atom. The first-order valence-electron chi connectivity index (χ1n) is 13.6. The van der Waals surface area contributed by atoms with Crippen molar-refractivity contribution in [3.63, 3.8) is 0 Å². The molecule has 0 aliphatic rings. The molecule has 0 atom stereocenters. The average molecular weight is 561 g/mol. The monoisotopic (exact) mass is 560 g/mol. The molecule has 0 amide bonds. The Hall–Kier alpha value is -4.24. The number of aromatic nitrogens is 4. The van der Waals surface area contributed by atoms with Crippen LogP contribution < -0.4 is 10.0 Å². The zero-order valence-corrected chi connectivity index (χ0v) is 24.1. The fourth-order valence-corrected chi connectivity index (χ4v) is 5.62. The summed E-state index contributed by atoms with van der Waals surface area (Å²) >= 11 is 1.62. The molecular weight excluding hydrogens is 528 g/mol. The maximum absolute atomic E-state index is 10.3. The fourth-order valence-electron chi connectivity index (χ4n) is 4.94. The SMILES string of the molecule is Cc1c(-c2nccc3cnc(Nc4ccc(SNCc5ccccc5)cc4)cc23)ccc2c1cnn2CC(C)(C)O. The molecule has 6 rings (SSSR count). The van der Waals surface area contributed by atoms with Gasteiger partial charge in [-0.25, -0.2) is 4.98 Å². The molecule has 0 unspecified atom stereocenters. The Balaban J connectivity index is 1.23. The lowest BCUT2D eigenvalue weighted by molar-refractivity contribution is 0.0591. The summed E-state index contributed by atoms with van der Waals surface area (Å²) in [6.45, 7) is 6.91. The zero-order chi connectivity index (χ0) is 28.4. The average Bonchev–Trinajstić information content (AvgIpc) is 3.36. The molecule has 3 heterocycles. The highest BCUT2D eigenvalue weighted by Crippen LogP contribution is 2.34. The van der Waals surface area contributed by atoms with E-state index in [-0.39, 0.29) is 0 Å². The standard InChI is InChI=1S/C33H32N6OS/c1-22-27(13-14-30-29(22)20-36-39(30)21-33(2,3)40)32-28-17-31(35-19-24(28)15-16-34-32)38-25-9-11-26(12-10-25)41-37-18-23-7-5-4-6-8-23/h4-17,19-20,37,40H,18,21H2,1-3H3,(H,35,38). The van der Waals surface area contributed by atoms with Crippen LogP contribution in [-0.2, 0) is 13.1 Å². The summed E-state index contributed by atoms with van der Waals surface area (Å²) in [6, 6.07) is 26.9. The highest BCUT2D eigenvalue weighted by Gasteiger charge is 2.18. The summed E-state index contributed by atoms with van der Waals surface area (Å²) in [4.78, 5) is 10.6. The maximum Gasteiger partial charge on any atom is 0.130 e. The van der Waals surface area contributed by atoms with Crippen molar-refractivity contribution in [3.05, 3.63) is 109 Å². The Morgan fingerprint density at radius 1 is 0.902 bits per heavy atom. The van der Waals surface area contributed by atoms with E-state index >= 15 is 0 Å². The van der Waals surface area contributed by atoms with Gasteiger partial charge in [-0.1, -0.05) is 36.4 Å². The van der Waals surface area contributed by atoms with Crippen molar-refractivity contribution in [2.75, 3.05) is 5.32 Å². The van der Waals surface area contributed by atoms with E-state index in [0.717, 1.165) is 61.4 Å². The molecule has 41 heavy (non-hydrogen) atoms. The van der Waals surface area contributed by atoms with Crippen molar-refractivity contribution < 1.29 is 5.11 Å². The summed E-state index contributed by atoms with van der Waals surface area (Å²) in [5.41, 5.74) is 5.42. The minimum atomic E-state index is -0.850. The molecule has 3 aromatic heterocycles. The Kier molecular flexibility index (Phi) is 7.45. The lowest BCUT2D eigenvalue weighted by Gasteiger charge is -2.18. The molecule has 7 nitrogen and oxygen atoms in total. The van der Waals surface area contributed by atoms with E-state index in [1.165, 1.54) is 5.56 Å². The van der Waals surface area contributed by atoms with Crippen LogP contribution in [0.1, 0.15) is 25.0 Å². The number of nitrogens with zero attached hydrogens (tertiary/aromatic N) is 4. The predicted octanol–water partition coefficient (Wildman–Crippen LogP) is 7.27. The first kappa shape index (κ1) is 27.0. The Morgan fingerprint density at radius 3 is 2.49 bits per heavy atom. The molecule has 8 heteroatoms. The van der Waals surface area contributed by atoms with Crippen LogP contribution in [0.2, 0.25) is 0 Å². The topological polar surface area (TPSA) is 87.9 Å². The van der Waals surface area contributed by atoms with Crippen LogP contribution in [0.25, 0.3) is 32.9 Å². The van der Waals surface area contributed by atoms with Gasteiger partial charge in [-0.15, -0.1) is 0 Å². The van der Waals surface area contributed by atoms with E-state index < -0.39 is 5.60 Å². The van der Waals surface area contributed by atoms with Gasteiger partial charge in [-0.2, -0.15) is 5.10 Å². The van der Waals surface area contributed by atoms with Crippen LogP contribution >= 0.6 is 11.9 Å². The highest BCUT2D eigenvalue weighted by atomic mass is 32.2. The van der Waals surface area contributed by atoms with Gasteiger partial charge in [-0.3, -0.25) is 14.4 Å². The highest BCUT2D eigenvalue weighted by molar-refractivity contribution is 7.97. The predicted molar refractivity (Wildman–Crippen MR) is 168 cm³/mol. The molecule has 3 aromatic carbocycles. The van der Waals surface area contributed by atoms with E-state index in [1.807, 2.05) is 35.4 Å². The molecule has 0 aliphatic heterocycles. The zero-order valence-electron chi connectivity index (χ0n) is 23.3. The number of benzene rings is 3. The summed E-state index contributed by atoms with van der Waals surface area (Å²) in [7, 11) is 0. The van der Waals surface area contributed by atoms with E-state index in [2.05, 4.69) is 93.8 Å². The summed E-state index contributed by atoms with van der Waals surface area (Å²) in [6.07, 6.45) is 5.59. The van der Waals surface area contributed by atoms with E-state index in [9.17, 15) is 5.11 Å². The molecule has 0 fully saturated rings. The lowest BCUT2D eigenvalue weighted by atomic mass is 9.98. The van der Waals surface area contributed by atoms with Gasteiger partial charge in [0, 0.05) is 51.2 Å². The number of anilines is 2. The van der Waals surface area contributed by atoms with Crippen LogP contribution in [0.15, 0.2) is 102 Å². The minimum absolute atomic E-state index is 0.423. The number of aliphatic hydroxyl groups is 1. The van der Waals surface area contributed by atoms with Gasteiger partial charge in [0.05, 0.1) is 29.6 Å². The second-order valence-electron chi connectivity index (χ2n) is 10.8. The van der Waals surface area contributed by atoms with Crippen molar-refractivity contribution in [1.29, 1.82) is 0 Å².